The van der Waals surface area contributed by atoms with Crippen LogP contribution in [-0.4, -0.2) is 34.4 Å². The molecule has 124 valence electrons. The zero-order valence-electron chi connectivity index (χ0n) is 13.2. The Morgan fingerprint density at radius 3 is 3.00 bits per heavy atom. The van der Waals surface area contributed by atoms with Crippen molar-refractivity contribution < 1.29 is 4.74 Å². The van der Waals surface area contributed by atoms with Crippen LogP contribution in [0.3, 0.4) is 0 Å². The quantitative estimate of drug-likeness (QED) is 0.442. The van der Waals surface area contributed by atoms with E-state index in [9.17, 15) is 0 Å². The van der Waals surface area contributed by atoms with Gasteiger partial charge in [-0.15, -0.1) is 24.0 Å². The van der Waals surface area contributed by atoms with E-state index in [2.05, 4.69) is 31.8 Å². The first-order valence-electron chi connectivity index (χ1n) is 7.29. The van der Waals surface area contributed by atoms with Gasteiger partial charge >= 0.3 is 0 Å². The maximum atomic E-state index is 5.68. The Balaban J connectivity index is 0.00000192. The van der Waals surface area contributed by atoms with Gasteiger partial charge in [0.25, 0.3) is 0 Å². The fraction of sp³-hybridized carbons (Fsp3) is 0.400. The summed E-state index contributed by atoms with van der Waals surface area (Å²) < 4.78 is 7.42. The lowest BCUT2D eigenvalue weighted by atomic mass is 10.0. The molecule has 0 saturated heterocycles. The number of hydrogen-bond donors (Lipinski definition) is 2. The fourth-order valence-corrected chi connectivity index (χ4v) is 2.49. The summed E-state index contributed by atoms with van der Waals surface area (Å²) in [7, 11) is 3.63. The van der Waals surface area contributed by atoms with Crippen LogP contribution in [0.15, 0.2) is 35.6 Å². The van der Waals surface area contributed by atoms with Crippen molar-refractivity contribution in [3.8, 4) is 5.75 Å². The maximum Gasteiger partial charge on any atom is 0.191 e. The van der Waals surface area contributed by atoms with Crippen molar-refractivity contribution in [3.63, 3.8) is 0 Å². The van der Waals surface area contributed by atoms with Gasteiger partial charge in [-0.2, -0.15) is 5.10 Å². The van der Waals surface area contributed by atoms with Crippen LogP contribution >= 0.6 is 24.0 Å². The minimum absolute atomic E-state index is 0. The number of para-hydroxylation sites is 1. The van der Waals surface area contributed by atoms with Crippen molar-refractivity contribution in [3.05, 3.63) is 42.0 Å². The summed E-state index contributed by atoms with van der Waals surface area (Å²) in [6.45, 7) is 1.27. The molecule has 0 amide bonds. The second-order valence-electron chi connectivity index (χ2n) is 5.10. The van der Waals surface area contributed by atoms with E-state index in [0.717, 1.165) is 29.5 Å². The first-order valence-corrected chi connectivity index (χ1v) is 7.29. The number of benzene rings is 1. The predicted octanol–water partition coefficient (Wildman–Crippen LogP) is 1.62. The number of guanidine groups is 1. The first-order chi connectivity index (χ1) is 10.8. The highest BCUT2D eigenvalue weighted by atomic mass is 127. The number of aromatic nitrogens is 3. The Bertz CT molecular complexity index is 671. The molecule has 1 aliphatic heterocycles. The molecule has 1 aromatic carbocycles. The summed E-state index contributed by atoms with van der Waals surface area (Å²) in [5, 5.41) is 10.8. The van der Waals surface area contributed by atoms with Gasteiger partial charge in [0.05, 0.1) is 19.2 Å². The van der Waals surface area contributed by atoms with Crippen LogP contribution in [0.2, 0.25) is 0 Å². The third-order valence-electron chi connectivity index (χ3n) is 3.71. The Labute approximate surface area is 152 Å². The normalized spacial score (nSPS) is 16.8. The molecular formula is C15H21IN6O. The zero-order chi connectivity index (χ0) is 15.4. The van der Waals surface area contributed by atoms with Gasteiger partial charge in [0.1, 0.15) is 17.9 Å². The van der Waals surface area contributed by atoms with E-state index in [-0.39, 0.29) is 30.0 Å². The molecule has 7 nitrogen and oxygen atoms in total. The van der Waals surface area contributed by atoms with E-state index >= 15 is 0 Å². The molecule has 1 aromatic heterocycles. The number of fused-ring (bicyclic) bond motifs is 1. The molecule has 2 N–H and O–H groups in total. The van der Waals surface area contributed by atoms with Gasteiger partial charge in [-0.1, -0.05) is 18.2 Å². The molecule has 8 heteroatoms. The number of halogens is 1. The van der Waals surface area contributed by atoms with Crippen LogP contribution in [0, 0.1) is 0 Å². The number of aryl methyl sites for hydroxylation is 1. The second kappa shape index (κ2) is 8.14. The fourth-order valence-electron chi connectivity index (χ4n) is 2.49. The van der Waals surface area contributed by atoms with Gasteiger partial charge in [0, 0.05) is 26.1 Å². The number of ether oxygens (including phenoxy) is 1. The largest absolute Gasteiger partial charge is 0.493 e. The molecular weight excluding hydrogens is 407 g/mol. The average Bonchev–Trinajstić information content (AvgIpc) is 2.96. The number of aliphatic imine (C=N–C) groups is 1. The van der Waals surface area contributed by atoms with Gasteiger partial charge < -0.3 is 15.4 Å². The van der Waals surface area contributed by atoms with Crippen LogP contribution < -0.4 is 15.4 Å². The van der Waals surface area contributed by atoms with E-state index < -0.39 is 0 Å². The van der Waals surface area contributed by atoms with Crippen LogP contribution in [0.4, 0.5) is 0 Å². The molecule has 0 saturated carbocycles. The minimum atomic E-state index is 0. The molecule has 0 radical (unpaired) electrons. The van der Waals surface area contributed by atoms with E-state index in [1.54, 1.807) is 18.1 Å². The van der Waals surface area contributed by atoms with E-state index in [4.69, 9.17) is 4.74 Å². The van der Waals surface area contributed by atoms with Crippen molar-refractivity contribution in [2.45, 2.75) is 19.0 Å². The lowest BCUT2D eigenvalue weighted by Gasteiger charge is -2.28. The molecule has 1 unspecified atom stereocenters. The lowest BCUT2D eigenvalue weighted by Crippen LogP contribution is -2.41. The summed E-state index contributed by atoms with van der Waals surface area (Å²) in [4.78, 5) is 8.47. The standard InChI is InChI=1S/C15H20N6O.HI/c1-16-15(17-9-14-18-10-19-21(14)2)20-12-7-8-22-13-6-4-3-5-11(12)13;/h3-6,10,12H,7-9H2,1-2H3,(H2,16,17,20);1H. The van der Waals surface area contributed by atoms with Crippen LogP contribution in [-0.2, 0) is 13.6 Å². The predicted molar refractivity (Wildman–Crippen MR) is 99.0 cm³/mol. The summed E-state index contributed by atoms with van der Waals surface area (Å²) in [5.41, 5.74) is 1.16. The molecule has 0 spiro atoms. The Hall–Kier alpha value is -1.84. The van der Waals surface area contributed by atoms with Gasteiger partial charge in [0.2, 0.25) is 0 Å². The highest BCUT2D eigenvalue weighted by Crippen LogP contribution is 2.31. The molecule has 3 rings (SSSR count). The number of hydrogen-bond acceptors (Lipinski definition) is 4. The van der Waals surface area contributed by atoms with E-state index in [1.165, 1.54) is 0 Å². The number of rotatable bonds is 3. The number of nitrogens with one attached hydrogen (secondary N) is 2. The summed E-state index contributed by atoms with van der Waals surface area (Å²) in [6.07, 6.45) is 2.45. The Morgan fingerprint density at radius 2 is 2.26 bits per heavy atom. The minimum Gasteiger partial charge on any atom is -0.493 e. The Morgan fingerprint density at radius 1 is 1.43 bits per heavy atom. The highest BCUT2D eigenvalue weighted by Gasteiger charge is 2.21. The lowest BCUT2D eigenvalue weighted by molar-refractivity contribution is 0.261. The topological polar surface area (TPSA) is 76.4 Å². The molecule has 23 heavy (non-hydrogen) atoms. The zero-order valence-corrected chi connectivity index (χ0v) is 15.5. The number of nitrogens with zero attached hydrogens (tertiary/aromatic N) is 4. The molecule has 0 aliphatic carbocycles. The third kappa shape index (κ3) is 4.12. The molecule has 0 fully saturated rings. The summed E-state index contributed by atoms with van der Waals surface area (Å²) in [6, 6.07) is 8.29. The van der Waals surface area contributed by atoms with Crippen LogP contribution in [0.25, 0.3) is 0 Å². The van der Waals surface area contributed by atoms with Crippen molar-refractivity contribution in [1.82, 2.24) is 25.4 Å². The van der Waals surface area contributed by atoms with Crippen molar-refractivity contribution in [2.24, 2.45) is 12.0 Å². The van der Waals surface area contributed by atoms with Gasteiger partial charge in [0.15, 0.2) is 5.96 Å². The smallest absolute Gasteiger partial charge is 0.191 e. The van der Waals surface area contributed by atoms with Crippen molar-refractivity contribution >= 4 is 29.9 Å². The summed E-state index contributed by atoms with van der Waals surface area (Å²) in [5.74, 6) is 2.54. The molecule has 2 heterocycles. The van der Waals surface area contributed by atoms with Gasteiger partial charge in [-0.05, 0) is 6.07 Å². The molecule has 1 atom stereocenters. The SMILES string of the molecule is CN=C(NCc1ncnn1C)NC1CCOc2ccccc21.I. The summed E-state index contributed by atoms with van der Waals surface area (Å²) >= 11 is 0. The van der Waals surface area contributed by atoms with Crippen LogP contribution in [0.1, 0.15) is 23.9 Å². The van der Waals surface area contributed by atoms with Gasteiger partial charge in [-0.25, -0.2) is 4.98 Å². The van der Waals surface area contributed by atoms with Crippen LogP contribution in [0.5, 0.6) is 5.75 Å². The monoisotopic (exact) mass is 428 g/mol. The van der Waals surface area contributed by atoms with E-state index in [1.807, 2.05) is 25.2 Å². The highest BCUT2D eigenvalue weighted by molar-refractivity contribution is 14.0. The first kappa shape index (κ1) is 17.5. The van der Waals surface area contributed by atoms with Crippen molar-refractivity contribution in [1.29, 1.82) is 0 Å². The Kier molecular flexibility index (Phi) is 6.20. The molecule has 1 aliphatic rings. The van der Waals surface area contributed by atoms with Crippen molar-refractivity contribution in [2.75, 3.05) is 13.7 Å². The molecule has 2 aromatic rings. The molecule has 0 bridgehead atoms. The van der Waals surface area contributed by atoms with Gasteiger partial charge in [-0.3, -0.25) is 9.67 Å². The van der Waals surface area contributed by atoms with E-state index in [0.29, 0.717) is 13.2 Å². The average molecular weight is 428 g/mol. The third-order valence-corrected chi connectivity index (χ3v) is 3.71. The maximum absolute atomic E-state index is 5.68. The second-order valence-corrected chi connectivity index (χ2v) is 5.10.